The molecule has 0 aliphatic carbocycles. The molecule has 0 bridgehead atoms. The molecule has 0 aliphatic heterocycles. The third kappa shape index (κ3) is 4.04. The van der Waals surface area contributed by atoms with E-state index in [-0.39, 0.29) is 17.4 Å². The number of H-pyrrole nitrogens is 1. The van der Waals surface area contributed by atoms with E-state index in [1.807, 2.05) is 36.4 Å². The van der Waals surface area contributed by atoms with Crippen LogP contribution in [0.25, 0.3) is 38.9 Å². The molecule has 40 heavy (non-hydrogen) atoms. The van der Waals surface area contributed by atoms with Crippen LogP contribution in [0.3, 0.4) is 0 Å². The lowest BCUT2D eigenvalue weighted by atomic mass is 10.1. The molecule has 4 aromatic heterocycles. The number of pyridine rings is 1. The van der Waals surface area contributed by atoms with Crippen LogP contribution in [0.1, 0.15) is 21.0 Å². The summed E-state index contributed by atoms with van der Waals surface area (Å²) in [6.07, 6.45) is 2.80. The maximum atomic E-state index is 13.3. The molecule has 0 spiro atoms. The second-order valence-corrected chi connectivity index (χ2v) is 9.00. The quantitative estimate of drug-likeness (QED) is 0.293. The number of para-hydroxylation sites is 1. The zero-order valence-corrected chi connectivity index (χ0v) is 21.5. The van der Waals surface area contributed by atoms with Crippen LogP contribution < -0.4 is 21.1 Å². The second kappa shape index (κ2) is 9.51. The number of ether oxygens (including phenoxy) is 1. The van der Waals surface area contributed by atoms with Crippen LogP contribution in [-0.2, 0) is 0 Å². The number of carbonyl (C=O) groups is 2. The molecule has 6 aromatic rings. The number of primary amides is 1. The molecular weight excluding hydrogens is 510 g/mol. The number of nitrogens with one attached hydrogen (secondary N) is 1. The standard InChI is InChI=1S/C28H23N9O3/c1-36(28(39)20-11-15-5-3-4-6-18(15)34-20)21-8-7-16(12-22(21)40-2)24-23-25(29)32-14-33-27(23)37(35-24)17-9-10-31-19(13-17)26(30)38/h3-14,34H,1-2H3,(H2,30,38)(H2,29,32,33). The van der Waals surface area contributed by atoms with Crippen molar-refractivity contribution in [2.45, 2.75) is 0 Å². The number of methoxy groups -OCH3 is 1. The Kier molecular flexibility index (Phi) is 5.84. The first kappa shape index (κ1) is 24.6. The highest BCUT2D eigenvalue weighted by Gasteiger charge is 2.23. The minimum absolute atomic E-state index is 0.0819. The SMILES string of the molecule is COc1cc(-c2nn(-c3ccnc(C(N)=O)c3)c3ncnc(N)c23)ccc1N(C)C(=O)c1cc2ccccc2[nH]1. The van der Waals surface area contributed by atoms with Gasteiger partial charge in [-0.2, -0.15) is 5.10 Å². The summed E-state index contributed by atoms with van der Waals surface area (Å²) in [5.74, 6) is -0.219. The summed E-state index contributed by atoms with van der Waals surface area (Å²) >= 11 is 0. The van der Waals surface area contributed by atoms with Gasteiger partial charge in [0.2, 0.25) is 0 Å². The average molecular weight is 534 g/mol. The number of hydrogen-bond acceptors (Lipinski definition) is 8. The summed E-state index contributed by atoms with van der Waals surface area (Å²) in [7, 11) is 3.21. The first-order valence-electron chi connectivity index (χ1n) is 12.2. The molecule has 0 unspecified atom stereocenters. The first-order valence-corrected chi connectivity index (χ1v) is 12.2. The van der Waals surface area contributed by atoms with Gasteiger partial charge in [-0.1, -0.05) is 24.3 Å². The number of carbonyl (C=O) groups excluding carboxylic acids is 2. The summed E-state index contributed by atoms with van der Waals surface area (Å²) in [6, 6.07) is 18.1. The van der Waals surface area contributed by atoms with Crippen molar-refractivity contribution in [3.63, 3.8) is 0 Å². The molecule has 198 valence electrons. The molecule has 2 amide bonds. The van der Waals surface area contributed by atoms with E-state index in [1.54, 1.807) is 29.9 Å². The first-order chi connectivity index (χ1) is 19.4. The highest BCUT2D eigenvalue weighted by atomic mass is 16.5. The van der Waals surface area contributed by atoms with Crippen molar-refractivity contribution >= 4 is 45.3 Å². The Balaban J connectivity index is 1.43. The van der Waals surface area contributed by atoms with Gasteiger partial charge in [0.1, 0.15) is 35.0 Å². The number of amides is 2. The minimum atomic E-state index is -0.667. The highest BCUT2D eigenvalue weighted by molar-refractivity contribution is 6.08. The molecule has 0 radical (unpaired) electrons. The number of aromatic nitrogens is 6. The zero-order valence-electron chi connectivity index (χ0n) is 21.5. The van der Waals surface area contributed by atoms with E-state index in [0.717, 1.165) is 10.9 Å². The fourth-order valence-corrected chi connectivity index (χ4v) is 4.62. The van der Waals surface area contributed by atoms with Crippen LogP contribution in [0.2, 0.25) is 0 Å². The molecule has 5 N–H and O–H groups in total. The van der Waals surface area contributed by atoms with Crippen molar-refractivity contribution in [2.75, 3.05) is 24.8 Å². The molecule has 0 atom stereocenters. The number of rotatable bonds is 6. The Morgan fingerprint density at radius 1 is 1.02 bits per heavy atom. The van der Waals surface area contributed by atoms with E-state index in [1.165, 1.54) is 30.6 Å². The van der Waals surface area contributed by atoms with Gasteiger partial charge in [0.05, 0.1) is 23.9 Å². The Morgan fingerprint density at radius 2 is 1.85 bits per heavy atom. The van der Waals surface area contributed by atoms with Crippen molar-refractivity contribution in [1.82, 2.24) is 29.7 Å². The summed E-state index contributed by atoms with van der Waals surface area (Å²) in [4.78, 5) is 42.3. The van der Waals surface area contributed by atoms with E-state index in [0.29, 0.717) is 45.1 Å². The second-order valence-electron chi connectivity index (χ2n) is 9.00. The molecule has 0 saturated heterocycles. The Bertz CT molecular complexity index is 1910. The Hall–Kier alpha value is -5.78. The monoisotopic (exact) mass is 533 g/mol. The number of nitrogens with two attached hydrogens (primary N) is 2. The summed E-state index contributed by atoms with van der Waals surface area (Å²) in [5.41, 5.74) is 15.8. The molecule has 0 fully saturated rings. The highest BCUT2D eigenvalue weighted by Crippen LogP contribution is 2.37. The van der Waals surface area contributed by atoms with Gasteiger partial charge in [0.25, 0.3) is 11.8 Å². The number of fused-ring (bicyclic) bond motifs is 2. The van der Waals surface area contributed by atoms with Crippen molar-refractivity contribution in [3.8, 4) is 22.7 Å². The molecule has 0 saturated carbocycles. The number of hydrogen-bond donors (Lipinski definition) is 3. The average Bonchev–Trinajstić information content (AvgIpc) is 3.59. The predicted octanol–water partition coefficient (Wildman–Crippen LogP) is 3.33. The van der Waals surface area contributed by atoms with Gasteiger partial charge in [-0.3, -0.25) is 14.6 Å². The topological polar surface area (TPSA) is 171 Å². The lowest BCUT2D eigenvalue weighted by Gasteiger charge is -2.20. The molecule has 6 rings (SSSR count). The van der Waals surface area contributed by atoms with Crippen LogP contribution in [0.5, 0.6) is 5.75 Å². The van der Waals surface area contributed by atoms with Gasteiger partial charge in [0, 0.05) is 29.7 Å². The molecule has 2 aromatic carbocycles. The third-order valence-electron chi connectivity index (χ3n) is 6.61. The smallest absolute Gasteiger partial charge is 0.274 e. The number of aromatic amines is 1. The van der Waals surface area contributed by atoms with E-state index in [4.69, 9.17) is 21.3 Å². The van der Waals surface area contributed by atoms with Crippen molar-refractivity contribution < 1.29 is 14.3 Å². The lowest BCUT2D eigenvalue weighted by molar-refractivity contribution is 0.0983. The fourth-order valence-electron chi connectivity index (χ4n) is 4.62. The summed E-state index contributed by atoms with van der Waals surface area (Å²) in [6.45, 7) is 0. The molecule has 4 heterocycles. The molecule has 0 aliphatic rings. The van der Waals surface area contributed by atoms with E-state index < -0.39 is 5.91 Å². The van der Waals surface area contributed by atoms with Crippen LogP contribution >= 0.6 is 0 Å². The third-order valence-corrected chi connectivity index (χ3v) is 6.61. The van der Waals surface area contributed by atoms with Crippen LogP contribution in [0, 0.1) is 0 Å². The Morgan fingerprint density at radius 3 is 2.62 bits per heavy atom. The van der Waals surface area contributed by atoms with Crippen LogP contribution in [-0.4, -0.2) is 55.7 Å². The van der Waals surface area contributed by atoms with Crippen molar-refractivity contribution in [3.05, 3.63) is 84.6 Å². The Labute approximate surface area is 227 Å². The maximum absolute atomic E-state index is 13.3. The maximum Gasteiger partial charge on any atom is 0.274 e. The van der Waals surface area contributed by atoms with Crippen molar-refractivity contribution in [2.24, 2.45) is 5.73 Å². The normalized spacial score (nSPS) is 11.2. The molecule has 12 heteroatoms. The van der Waals surface area contributed by atoms with Crippen molar-refractivity contribution in [1.29, 1.82) is 0 Å². The van der Waals surface area contributed by atoms with Crippen LogP contribution in [0.15, 0.2) is 73.2 Å². The number of anilines is 2. The van der Waals surface area contributed by atoms with Gasteiger partial charge >= 0.3 is 0 Å². The van der Waals surface area contributed by atoms with Gasteiger partial charge < -0.3 is 26.1 Å². The number of nitrogen functional groups attached to an aromatic ring is 1. The fraction of sp³-hybridized carbons (Fsp3) is 0.0714. The molecule has 12 nitrogen and oxygen atoms in total. The van der Waals surface area contributed by atoms with Crippen LogP contribution in [0.4, 0.5) is 11.5 Å². The van der Waals surface area contributed by atoms with E-state index >= 15 is 0 Å². The van der Waals surface area contributed by atoms with E-state index in [2.05, 4.69) is 19.9 Å². The van der Waals surface area contributed by atoms with Gasteiger partial charge in [-0.15, -0.1) is 0 Å². The van der Waals surface area contributed by atoms with Gasteiger partial charge in [0.15, 0.2) is 5.65 Å². The number of benzene rings is 2. The van der Waals surface area contributed by atoms with Gasteiger partial charge in [-0.05, 0) is 36.4 Å². The zero-order chi connectivity index (χ0) is 28.0. The lowest BCUT2D eigenvalue weighted by Crippen LogP contribution is -2.26. The predicted molar refractivity (Wildman–Crippen MR) is 150 cm³/mol. The largest absolute Gasteiger partial charge is 0.495 e. The summed E-state index contributed by atoms with van der Waals surface area (Å²) in [5, 5.41) is 6.22. The minimum Gasteiger partial charge on any atom is -0.495 e. The van der Waals surface area contributed by atoms with E-state index in [9.17, 15) is 9.59 Å². The summed E-state index contributed by atoms with van der Waals surface area (Å²) < 4.78 is 7.23. The van der Waals surface area contributed by atoms with Gasteiger partial charge in [-0.25, -0.2) is 14.6 Å². The number of nitrogens with zero attached hydrogens (tertiary/aromatic N) is 6. The molecular formula is C28H23N9O3.